The smallest absolute Gasteiger partial charge is 0.179 e. The number of rotatable bonds is 8. The molecule has 6 heteroatoms. The number of halogens is 2. The maximum atomic E-state index is 13.1. The molecular weight excluding hydrogens is 347 g/mol. The molecule has 0 fully saturated rings. The molecule has 0 bridgehead atoms. The molecule has 1 atom stereocenters. The quantitative estimate of drug-likeness (QED) is 0.403. The summed E-state index contributed by atoms with van der Waals surface area (Å²) in [5, 5.41) is 0.250. The molecule has 0 aliphatic carbocycles. The lowest BCUT2D eigenvalue weighted by molar-refractivity contribution is -0.110. The number of aldehydes is 1. The third-order valence-electron chi connectivity index (χ3n) is 3.06. The molecule has 3 nitrogen and oxygen atoms in total. The summed E-state index contributed by atoms with van der Waals surface area (Å²) in [4.78, 5) is 11.1. The normalized spacial score (nSPS) is 13.2. The highest BCUT2D eigenvalue weighted by molar-refractivity contribution is 9.08. The number of benzene rings is 1. The van der Waals surface area contributed by atoms with E-state index in [1.165, 1.54) is 12.1 Å². The van der Waals surface area contributed by atoms with E-state index in [1.807, 2.05) is 6.92 Å². The Morgan fingerprint density at radius 2 is 2.10 bits per heavy atom. The number of sulfone groups is 1. The fourth-order valence-corrected chi connectivity index (χ4v) is 4.43. The summed E-state index contributed by atoms with van der Waals surface area (Å²) in [6.45, 7) is 1.99. The molecule has 0 spiro atoms. The molecule has 0 unspecified atom stereocenters. The Bertz CT molecular complexity index is 558. The minimum Gasteiger partial charge on any atom is -0.303 e. The maximum absolute atomic E-state index is 13.1. The standard InChI is InChI=1S/C14H18BrFO3S/c1-2-3-4-11(9-17)10-20(18,19)14-6-5-13(16)7-12(14)8-15/h5-7,9,11H,2-4,8,10H2,1H3/t11-/m0/s1. The van der Waals surface area contributed by atoms with Crippen molar-refractivity contribution in [2.45, 2.75) is 36.4 Å². The van der Waals surface area contributed by atoms with Crippen molar-refractivity contribution >= 4 is 32.1 Å². The van der Waals surface area contributed by atoms with Crippen LogP contribution in [0.4, 0.5) is 4.39 Å². The van der Waals surface area contributed by atoms with Gasteiger partial charge in [-0.15, -0.1) is 0 Å². The van der Waals surface area contributed by atoms with Gasteiger partial charge < -0.3 is 4.79 Å². The minimum atomic E-state index is -3.59. The summed E-state index contributed by atoms with van der Waals surface area (Å²) in [6, 6.07) is 3.59. The van der Waals surface area contributed by atoms with Crippen LogP contribution in [0.2, 0.25) is 0 Å². The van der Waals surface area contributed by atoms with E-state index in [4.69, 9.17) is 0 Å². The maximum Gasteiger partial charge on any atom is 0.179 e. The first-order valence-electron chi connectivity index (χ1n) is 6.47. The van der Waals surface area contributed by atoms with E-state index in [-0.39, 0.29) is 16.0 Å². The number of carbonyl (C=O) groups excluding carboxylic acids is 1. The molecular formula is C14H18BrFO3S. The lowest BCUT2D eigenvalue weighted by atomic mass is 10.1. The van der Waals surface area contributed by atoms with Gasteiger partial charge in [0, 0.05) is 11.2 Å². The summed E-state index contributed by atoms with van der Waals surface area (Å²) >= 11 is 3.16. The van der Waals surface area contributed by atoms with Gasteiger partial charge in [-0.05, 0) is 30.2 Å². The van der Waals surface area contributed by atoms with E-state index >= 15 is 0 Å². The van der Waals surface area contributed by atoms with Crippen LogP contribution in [0, 0.1) is 11.7 Å². The average molecular weight is 365 g/mol. The molecule has 0 saturated carbocycles. The predicted octanol–water partition coefficient (Wildman–Crippen LogP) is 3.50. The zero-order chi connectivity index (χ0) is 15.2. The summed E-state index contributed by atoms with van der Waals surface area (Å²) < 4.78 is 37.9. The van der Waals surface area contributed by atoms with Crippen molar-refractivity contribution in [3.8, 4) is 0 Å². The fourth-order valence-electron chi connectivity index (χ4n) is 1.98. The molecule has 1 aromatic rings. The van der Waals surface area contributed by atoms with Gasteiger partial charge in [-0.25, -0.2) is 12.8 Å². The lowest BCUT2D eigenvalue weighted by Gasteiger charge is -2.13. The molecule has 1 aromatic carbocycles. The van der Waals surface area contributed by atoms with Crippen molar-refractivity contribution in [1.82, 2.24) is 0 Å². The highest BCUT2D eigenvalue weighted by Crippen LogP contribution is 2.23. The summed E-state index contributed by atoms with van der Waals surface area (Å²) in [7, 11) is -3.59. The molecule has 112 valence electrons. The molecule has 0 saturated heterocycles. The first-order valence-corrected chi connectivity index (χ1v) is 9.24. The van der Waals surface area contributed by atoms with Crippen molar-refractivity contribution in [2.24, 2.45) is 5.92 Å². The molecule has 0 heterocycles. The first-order chi connectivity index (χ1) is 9.44. The van der Waals surface area contributed by atoms with Crippen molar-refractivity contribution in [2.75, 3.05) is 5.75 Å². The van der Waals surface area contributed by atoms with Crippen LogP contribution in [0.5, 0.6) is 0 Å². The van der Waals surface area contributed by atoms with Crippen molar-refractivity contribution < 1.29 is 17.6 Å². The van der Waals surface area contributed by atoms with E-state index in [1.54, 1.807) is 0 Å². The van der Waals surface area contributed by atoms with Gasteiger partial charge in [-0.2, -0.15) is 0 Å². The Morgan fingerprint density at radius 1 is 1.40 bits per heavy atom. The predicted molar refractivity (Wildman–Crippen MR) is 80.2 cm³/mol. The van der Waals surface area contributed by atoms with Gasteiger partial charge in [0.15, 0.2) is 9.84 Å². The molecule has 0 amide bonds. The second-order valence-corrected chi connectivity index (χ2v) is 7.27. The fraction of sp³-hybridized carbons (Fsp3) is 0.500. The Labute approximate surface area is 127 Å². The highest BCUT2D eigenvalue weighted by atomic mass is 79.9. The van der Waals surface area contributed by atoms with E-state index in [2.05, 4.69) is 15.9 Å². The minimum absolute atomic E-state index is 0.0964. The largest absolute Gasteiger partial charge is 0.303 e. The molecule has 0 radical (unpaired) electrons. The van der Waals surface area contributed by atoms with E-state index in [0.29, 0.717) is 18.3 Å². The molecule has 0 aliphatic heterocycles. The highest BCUT2D eigenvalue weighted by Gasteiger charge is 2.23. The van der Waals surface area contributed by atoms with Crippen LogP contribution in [0.1, 0.15) is 31.7 Å². The lowest BCUT2D eigenvalue weighted by Crippen LogP contribution is -2.19. The van der Waals surface area contributed by atoms with Crippen molar-refractivity contribution in [3.63, 3.8) is 0 Å². The summed E-state index contributed by atoms with van der Waals surface area (Å²) in [5.74, 6) is -1.20. The van der Waals surface area contributed by atoms with Gasteiger partial charge in [-0.1, -0.05) is 35.7 Å². The number of alkyl halides is 1. The molecule has 20 heavy (non-hydrogen) atoms. The average Bonchev–Trinajstić information content (AvgIpc) is 2.42. The van der Waals surface area contributed by atoms with Crippen LogP contribution in [0.15, 0.2) is 23.1 Å². The Balaban J connectivity index is 3.01. The molecule has 1 rings (SSSR count). The van der Waals surface area contributed by atoms with Crippen LogP contribution < -0.4 is 0 Å². The van der Waals surface area contributed by atoms with Gasteiger partial charge in [0.2, 0.25) is 0 Å². The van der Waals surface area contributed by atoms with Crippen LogP contribution in [0.25, 0.3) is 0 Å². The number of hydrogen-bond acceptors (Lipinski definition) is 3. The van der Waals surface area contributed by atoms with Crippen LogP contribution in [0.3, 0.4) is 0 Å². The van der Waals surface area contributed by atoms with Crippen LogP contribution in [-0.2, 0) is 20.0 Å². The second kappa shape index (κ2) is 7.88. The van der Waals surface area contributed by atoms with E-state index in [0.717, 1.165) is 18.9 Å². The zero-order valence-corrected chi connectivity index (χ0v) is 13.7. The number of carbonyl (C=O) groups is 1. The molecule has 0 N–H and O–H groups in total. The Hall–Kier alpha value is -0.750. The van der Waals surface area contributed by atoms with Crippen LogP contribution >= 0.6 is 15.9 Å². The van der Waals surface area contributed by atoms with Crippen molar-refractivity contribution in [3.05, 3.63) is 29.6 Å². The van der Waals surface area contributed by atoms with Crippen molar-refractivity contribution in [1.29, 1.82) is 0 Å². The van der Waals surface area contributed by atoms with Crippen LogP contribution in [-0.4, -0.2) is 20.5 Å². The van der Waals surface area contributed by atoms with Gasteiger partial charge in [0.05, 0.1) is 10.6 Å². The molecule has 0 aliphatic rings. The second-order valence-electron chi connectivity index (χ2n) is 4.71. The summed E-state index contributed by atoms with van der Waals surface area (Å²) in [5.41, 5.74) is 0.380. The zero-order valence-electron chi connectivity index (χ0n) is 11.3. The third-order valence-corrected chi connectivity index (χ3v) is 5.60. The van der Waals surface area contributed by atoms with E-state index in [9.17, 15) is 17.6 Å². The first kappa shape index (κ1) is 17.3. The number of hydrogen-bond donors (Lipinski definition) is 0. The number of unbranched alkanes of at least 4 members (excludes halogenated alkanes) is 1. The van der Waals surface area contributed by atoms with Gasteiger partial charge in [0.25, 0.3) is 0 Å². The molecule has 0 aromatic heterocycles. The SMILES string of the molecule is CCCC[C@@H](C=O)CS(=O)(=O)c1ccc(F)cc1CBr. The third kappa shape index (κ3) is 4.66. The summed E-state index contributed by atoms with van der Waals surface area (Å²) in [6.07, 6.45) is 2.98. The monoisotopic (exact) mass is 364 g/mol. The van der Waals surface area contributed by atoms with Gasteiger partial charge in [-0.3, -0.25) is 0 Å². The van der Waals surface area contributed by atoms with Gasteiger partial charge >= 0.3 is 0 Å². The van der Waals surface area contributed by atoms with Gasteiger partial charge in [0.1, 0.15) is 12.1 Å². The van der Waals surface area contributed by atoms with E-state index < -0.39 is 21.6 Å². The Kier molecular flexibility index (Phi) is 6.82. The topological polar surface area (TPSA) is 51.2 Å². The Morgan fingerprint density at radius 3 is 2.65 bits per heavy atom.